The van der Waals surface area contributed by atoms with Crippen LogP contribution in [0.2, 0.25) is 0 Å². The highest BCUT2D eigenvalue weighted by molar-refractivity contribution is 5.81. The molecule has 0 radical (unpaired) electrons. The predicted octanol–water partition coefficient (Wildman–Crippen LogP) is 4.80. The van der Waals surface area contributed by atoms with Gasteiger partial charge in [0.15, 0.2) is 0 Å². The third kappa shape index (κ3) is 3.80. The first-order chi connectivity index (χ1) is 16.7. The average Bonchev–Trinajstić information content (AvgIpc) is 3.28. The van der Waals surface area contributed by atoms with E-state index in [1.807, 2.05) is 36.5 Å². The summed E-state index contributed by atoms with van der Waals surface area (Å²) in [6.45, 7) is 0.611. The van der Waals surface area contributed by atoms with Gasteiger partial charge in [-0.1, -0.05) is 54.6 Å². The number of hydrogen-bond donors (Lipinski definition) is 2. The van der Waals surface area contributed by atoms with Crippen molar-refractivity contribution >= 4 is 11.7 Å². The molecule has 3 N–H and O–H groups in total. The van der Waals surface area contributed by atoms with E-state index in [4.69, 9.17) is 10.7 Å². The SMILES string of the molecule is NC1(c2ccc(-c3nc4nc(NCc5ccncc5)nn4cc3-c3ccccc3)cc2)CCC1. The van der Waals surface area contributed by atoms with Gasteiger partial charge in [0.25, 0.3) is 5.78 Å². The second-order valence-electron chi connectivity index (χ2n) is 8.85. The number of benzene rings is 2. The molecule has 6 rings (SSSR count). The summed E-state index contributed by atoms with van der Waals surface area (Å²) in [7, 11) is 0. The summed E-state index contributed by atoms with van der Waals surface area (Å²) in [4.78, 5) is 13.6. The number of rotatable bonds is 6. The van der Waals surface area contributed by atoms with Crippen LogP contribution in [-0.4, -0.2) is 24.6 Å². The van der Waals surface area contributed by atoms with E-state index in [1.54, 1.807) is 16.9 Å². The summed E-state index contributed by atoms with van der Waals surface area (Å²) in [6, 6.07) is 22.7. The number of hydrogen-bond acceptors (Lipinski definition) is 6. The second-order valence-corrected chi connectivity index (χ2v) is 8.85. The zero-order valence-corrected chi connectivity index (χ0v) is 18.7. The standard InChI is InChI=1S/C27H25N7/c28-27(13-4-14-27)22-9-7-21(8-10-22)24-23(20-5-2-1-3-6-20)18-34-26(31-24)32-25(33-34)30-17-19-11-15-29-16-12-19/h1-3,5-12,15-16,18H,4,13-14,17,28H2,(H,30,33). The molecule has 168 valence electrons. The molecule has 1 aliphatic carbocycles. The van der Waals surface area contributed by atoms with E-state index in [2.05, 4.69) is 56.8 Å². The van der Waals surface area contributed by atoms with Gasteiger partial charge in [-0.15, -0.1) is 5.10 Å². The molecule has 7 nitrogen and oxygen atoms in total. The average molecular weight is 448 g/mol. The zero-order valence-electron chi connectivity index (χ0n) is 18.7. The number of nitrogens with two attached hydrogens (primary N) is 1. The molecule has 0 unspecified atom stereocenters. The Bertz CT molecular complexity index is 1420. The smallest absolute Gasteiger partial charge is 0.254 e. The Morgan fingerprint density at radius 1 is 0.882 bits per heavy atom. The van der Waals surface area contributed by atoms with E-state index in [1.165, 1.54) is 12.0 Å². The van der Waals surface area contributed by atoms with Gasteiger partial charge in [-0.3, -0.25) is 4.98 Å². The van der Waals surface area contributed by atoms with Gasteiger partial charge in [-0.25, -0.2) is 9.50 Å². The van der Waals surface area contributed by atoms with E-state index in [0.717, 1.165) is 40.8 Å². The lowest BCUT2D eigenvalue weighted by Gasteiger charge is -2.38. The maximum atomic E-state index is 6.53. The maximum absolute atomic E-state index is 6.53. The normalized spacial score (nSPS) is 14.6. The van der Waals surface area contributed by atoms with Crippen molar-refractivity contribution in [3.05, 3.63) is 96.4 Å². The Labute approximate surface area is 197 Å². The molecular formula is C27H25N7. The van der Waals surface area contributed by atoms with E-state index < -0.39 is 0 Å². The van der Waals surface area contributed by atoms with Gasteiger partial charge in [0.2, 0.25) is 5.95 Å². The third-order valence-corrected chi connectivity index (χ3v) is 6.60. The van der Waals surface area contributed by atoms with E-state index in [-0.39, 0.29) is 5.54 Å². The van der Waals surface area contributed by atoms with Crippen LogP contribution in [0.5, 0.6) is 0 Å². The molecule has 1 fully saturated rings. The Balaban J connectivity index is 1.39. The molecule has 3 aromatic heterocycles. The molecule has 0 atom stereocenters. The highest BCUT2D eigenvalue weighted by atomic mass is 15.4. The number of nitrogens with one attached hydrogen (secondary N) is 1. The third-order valence-electron chi connectivity index (χ3n) is 6.60. The summed E-state index contributed by atoms with van der Waals surface area (Å²) in [5.41, 5.74) is 12.6. The van der Waals surface area contributed by atoms with Gasteiger partial charge in [-0.2, -0.15) is 4.98 Å². The van der Waals surface area contributed by atoms with Crippen molar-refractivity contribution in [2.45, 2.75) is 31.3 Å². The van der Waals surface area contributed by atoms with Gasteiger partial charge in [-0.05, 0) is 48.1 Å². The first-order valence-electron chi connectivity index (χ1n) is 11.5. The maximum Gasteiger partial charge on any atom is 0.254 e. The Morgan fingerprint density at radius 3 is 2.35 bits per heavy atom. The zero-order chi connectivity index (χ0) is 23.0. The molecule has 1 aliphatic rings. The van der Waals surface area contributed by atoms with Gasteiger partial charge in [0.05, 0.1) is 5.69 Å². The van der Waals surface area contributed by atoms with Crippen LogP contribution >= 0.6 is 0 Å². The predicted molar refractivity (Wildman–Crippen MR) is 133 cm³/mol. The van der Waals surface area contributed by atoms with Crippen LogP contribution in [0.3, 0.4) is 0 Å². The first-order valence-corrected chi connectivity index (χ1v) is 11.5. The van der Waals surface area contributed by atoms with Crippen LogP contribution in [0.4, 0.5) is 5.95 Å². The first kappa shape index (κ1) is 20.5. The number of pyridine rings is 1. The van der Waals surface area contributed by atoms with Gasteiger partial charge >= 0.3 is 0 Å². The largest absolute Gasteiger partial charge is 0.349 e. The molecule has 5 aromatic rings. The summed E-state index contributed by atoms with van der Waals surface area (Å²) >= 11 is 0. The van der Waals surface area contributed by atoms with Crippen molar-refractivity contribution in [1.29, 1.82) is 0 Å². The Hall–Kier alpha value is -4.10. The van der Waals surface area contributed by atoms with Crippen LogP contribution < -0.4 is 11.1 Å². The molecule has 0 aliphatic heterocycles. The van der Waals surface area contributed by atoms with Gasteiger partial charge < -0.3 is 11.1 Å². The lowest BCUT2D eigenvalue weighted by Crippen LogP contribution is -2.43. The fraction of sp³-hybridized carbons (Fsp3) is 0.185. The fourth-order valence-electron chi connectivity index (χ4n) is 4.43. The minimum Gasteiger partial charge on any atom is -0.349 e. The van der Waals surface area contributed by atoms with E-state index in [0.29, 0.717) is 18.3 Å². The van der Waals surface area contributed by atoms with Crippen molar-refractivity contribution < 1.29 is 0 Å². The number of anilines is 1. The van der Waals surface area contributed by atoms with Gasteiger partial charge in [0.1, 0.15) is 0 Å². The number of fused-ring (bicyclic) bond motifs is 1. The lowest BCUT2D eigenvalue weighted by atomic mass is 9.72. The summed E-state index contributed by atoms with van der Waals surface area (Å²) in [6.07, 6.45) is 8.83. The summed E-state index contributed by atoms with van der Waals surface area (Å²) in [5, 5.41) is 7.89. The van der Waals surface area contributed by atoms with Crippen molar-refractivity contribution in [1.82, 2.24) is 24.6 Å². The van der Waals surface area contributed by atoms with Crippen molar-refractivity contribution in [3.8, 4) is 22.4 Å². The topological polar surface area (TPSA) is 94.0 Å². The van der Waals surface area contributed by atoms with Crippen molar-refractivity contribution in [2.24, 2.45) is 5.73 Å². The molecule has 3 heterocycles. The molecule has 0 bridgehead atoms. The van der Waals surface area contributed by atoms with Crippen LogP contribution in [-0.2, 0) is 12.1 Å². The highest BCUT2D eigenvalue weighted by Gasteiger charge is 2.34. The second kappa shape index (κ2) is 8.35. The molecule has 0 saturated heterocycles. The van der Waals surface area contributed by atoms with Crippen LogP contribution in [0.1, 0.15) is 30.4 Å². The molecule has 7 heteroatoms. The summed E-state index contributed by atoms with van der Waals surface area (Å²) in [5.74, 6) is 1.08. The molecule has 34 heavy (non-hydrogen) atoms. The fourth-order valence-corrected chi connectivity index (χ4v) is 4.43. The van der Waals surface area contributed by atoms with Crippen molar-refractivity contribution in [2.75, 3.05) is 5.32 Å². The molecule has 0 amide bonds. The van der Waals surface area contributed by atoms with Gasteiger partial charge in [0, 0.05) is 41.8 Å². The molecule has 0 spiro atoms. The quantitative estimate of drug-likeness (QED) is 0.388. The monoisotopic (exact) mass is 447 g/mol. The van der Waals surface area contributed by atoms with Crippen LogP contribution in [0.15, 0.2) is 85.3 Å². The minimum absolute atomic E-state index is 0.180. The van der Waals surface area contributed by atoms with Crippen LogP contribution in [0, 0.1) is 0 Å². The van der Waals surface area contributed by atoms with Crippen molar-refractivity contribution in [3.63, 3.8) is 0 Å². The summed E-state index contributed by atoms with van der Waals surface area (Å²) < 4.78 is 1.73. The molecular weight excluding hydrogens is 422 g/mol. The number of aromatic nitrogens is 5. The Morgan fingerprint density at radius 2 is 1.65 bits per heavy atom. The van der Waals surface area contributed by atoms with E-state index in [9.17, 15) is 0 Å². The molecule has 2 aromatic carbocycles. The van der Waals surface area contributed by atoms with E-state index >= 15 is 0 Å². The highest BCUT2D eigenvalue weighted by Crippen LogP contribution is 2.39. The number of nitrogens with zero attached hydrogens (tertiary/aromatic N) is 5. The molecule has 1 saturated carbocycles. The van der Waals surface area contributed by atoms with Crippen LogP contribution in [0.25, 0.3) is 28.2 Å². The Kier molecular flexibility index (Phi) is 5.04. The minimum atomic E-state index is -0.180. The lowest BCUT2D eigenvalue weighted by molar-refractivity contribution is 0.253.